The Kier molecular flexibility index (Phi) is 3.12. The molecule has 0 saturated carbocycles. The number of carbonyl (C=O) groups is 1. The lowest BCUT2D eigenvalue weighted by atomic mass is 10.1. The number of benzene rings is 1. The second-order valence-corrected chi connectivity index (χ2v) is 5.51. The minimum Gasteiger partial charge on any atom is -0.397 e. The van der Waals surface area contributed by atoms with Crippen molar-refractivity contribution in [1.82, 2.24) is 4.98 Å². The zero-order chi connectivity index (χ0) is 14.1. The van der Waals surface area contributed by atoms with E-state index in [1.165, 1.54) is 11.3 Å². The van der Waals surface area contributed by atoms with Gasteiger partial charge in [-0.3, -0.25) is 9.78 Å². The number of hydrogen-bond acceptors (Lipinski definition) is 4. The first-order valence-corrected chi connectivity index (χ1v) is 6.97. The van der Waals surface area contributed by atoms with E-state index in [1.54, 1.807) is 24.5 Å². The van der Waals surface area contributed by atoms with Crippen LogP contribution in [0.1, 0.15) is 15.2 Å². The number of fused-ring (bicyclic) bond motifs is 1. The number of aromatic nitrogens is 1. The predicted molar refractivity (Wildman–Crippen MR) is 83.2 cm³/mol. The quantitative estimate of drug-likeness (QED) is 0.757. The third-order valence-electron chi connectivity index (χ3n) is 3.08. The van der Waals surface area contributed by atoms with Crippen LogP contribution in [0.5, 0.6) is 0 Å². The van der Waals surface area contributed by atoms with Crippen LogP contribution in [0.3, 0.4) is 0 Å². The van der Waals surface area contributed by atoms with Crippen molar-refractivity contribution in [2.75, 3.05) is 11.1 Å². The molecule has 3 aromatic rings. The Bertz CT molecular complexity index is 780. The van der Waals surface area contributed by atoms with Crippen molar-refractivity contribution in [2.24, 2.45) is 0 Å². The number of hydrogen-bond donors (Lipinski definition) is 2. The van der Waals surface area contributed by atoms with Crippen molar-refractivity contribution < 1.29 is 4.79 Å². The molecule has 0 saturated heterocycles. The number of nitrogen functional groups attached to an aromatic ring is 1. The van der Waals surface area contributed by atoms with Crippen molar-refractivity contribution in [3.05, 3.63) is 53.2 Å². The van der Waals surface area contributed by atoms with Gasteiger partial charge >= 0.3 is 0 Å². The van der Waals surface area contributed by atoms with Gasteiger partial charge in [0, 0.05) is 16.3 Å². The maximum absolute atomic E-state index is 12.3. The Balaban J connectivity index is 2.00. The van der Waals surface area contributed by atoms with Gasteiger partial charge in [-0.1, -0.05) is 18.2 Å². The molecule has 2 aromatic heterocycles. The van der Waals surface area contributed by atoms with Crippen LogP contribution in [-0.4, -0.2) is 10.9 Å². The third kappa shape index (κ3) is 2.12. The van der Waals surface area contributed by atoms with Gasteiger partial charge in [-0.25, -0.2) is 0 Å². The molecule has 100 valence electrons. The maximum Gasteiger partial charge on any atom is 0.267 e. The van der Waals surface area contributed by atoms with E-state index in [1.807, 2.05) is 25.1 Å². The molecule has 0 bridgehead atoms. The van der Waals surface area contributed by atoms with Gasteiger partial charge in [-0.05, 0) is 24.6 Å². The van der Waals surface area contributed by atoms with E-state index in [0.29, 0.717) is 16.3 Å². The average Bonchev–Trinajstić information content (AvgIpc) is 2.79. The molecule has 0 aliphatic rings. The number of nitrogens with two attached hydrogens (primary N) is 1. The molecule has 4 nitrogen and oxygen atoms in total. The van der Waals surface area contributed by atoms with Crippen LogP contribution in [0.2, 0.25) is 0 Å². The summed E-state index contributed by atoms with van der Waals surface area (Å²) in [5.74, 6) is -0.198. The lowest BCUT2D eigenvalue weighted by Crippen LogP contribution is -2.11. The molecule has 0 unspecified atom stereocenters. The highest BCUT2D eigenvalue weighted by molar-refractivity contribution is 7.21. The summed E-state index contributed by atoms with van der Waals surface area (Å²) < 4.78 is 1.06. The Morgan fingerprint density at radius 1 is 1.30 bits per heavy atom. The minimum absolute atomic E-state index is 0.198. The molecule has 1 aromatic carbocycles. The number of nitrogens with one attached hydrogen (secondary N) is 1. The van der Waals surface area contributed by atoms with Crippen LogP contribution in [-0.2, 0) is 0 Å². The zero-order valence-electron chi connectivity index (χ0n) is 10.9. The molecule has 3 N–H and O–H groups in total. The topological polar surface area (TPSA) is 68.0 Å². The summed E-state index contributed by atoms with van der Waals surface area (Å²) in [6.07, 6.45) is 3.26. The Labute approximate surface area is 120 Å². The molecule has 0 radical (unpaired) electrons. The Morgan fingerprint density at radius 3 is 2.85 bits per heavy atom. The molecule has 20 heavy (non-hydrogen) atoms. The second-order valence-electron chi connectivity index (χ2n) is 4.49. The monoisotopic (exact) mass is 283 g/mol. The van der Waals surface area contributed by atoms with Crippen molar-refractivity contribution in [3.63, 3.8) is 0 Å². The minimum atomic E-state index is -0.198. The van der Waals surface area contributed by atoms with Crippen LogP contribution in [0, 0.1) is 6.92 Å². The summed E-state index contributed by atoms with van der Waals surface area (Å²) in [4.78, 5) is 16.8. The number of pyridine rings is 1. The van der Waals surface area contributed by atoms with Crippen LogP contribution in [0.4, 0.5) is 11.4 Å². The first-order chi connectivity index (χ1) is 9.66. The molecule has 0 atom stereocenters. The largest absolute Gasteiger partial charge is 0.397 e. The van der Waals surface area contributed by atoms with Crippen LogP contribution in [0.15, 0.2) is 42.7 Å². The van der Waals surface area contributed by atoms with E-state index < -0.39 is 0 Å². The van der Waals surface area contributed by atoms with Gasteiger partial charge in [0.25, 0.3) is 5.91 Å². The maximum atomic E-state index is 12.3. The van der Waals surface area contributed by atoms with Crippen molar-refractivity contribution in [2.45, 2.75) is 6.92 Å². The number of anilines is 2. The first-order valence-electron chi connectivity index (χ1n) is 6.16. The van der Waals surface area contributed by atoms with Gasteiger partial charge in [0.05, 0.1) is 17.6 Å². The van der Waals surface area contributed by atoms with Crippen molar-refractivity contribution in [1.29, 1.82) is 0 Å². The molecular formula is C15H13N3OS. The lowest BCUT2D eigenvalue weighted by molar-refractivity contribution is 0.103. The third-order valence-corrected chi connectivity index (χ3v) is 4.43. The predicted octanol–water partition coefficient (Wildman–Crippen LogP) is 3.44. The number of amides is 1. The highest BCUT2D eigenvalue weighted by Crippen LogP contribution is 2.35. The van der Waals surface area contributed by atoms with Gasteiger partial charge in [0.1, 0.15) is 4.88 Å². The Morgan fingerprint density at radius 2 is 2.15 bits per heavy atom. The smallest absolute Gasteiger partial charge is 0.267 e. The van der Waals surface area contributed by atoms with Crippen molar-refractivity contribution >= 4 is 38.7 Å². The molecule has 5 heteroatoms. The number of nitrogens with zero attached hydrogens (tertiary/aromatic N) is 1. The van der Waals surface area contributed by atoms with Gasteiger partial charge in [0.2, 0.25) is 0 Å². The summed E-state index contributed by atoms with van der Waals surface area (Å²) in [6, 6.07) is 9.47. The number of carbonyl (C=O) groups excluding carboxylic acids is 1. The number of rotatable bonds is 2. The van der Waals surface area contributed by atoms with E-state index in [-0.39, 0.29) is 5.91 Å². The van der Waals surface area contributed by atoms with Gasteiger partial charge in [0.15, 0.2) is 0 Å². The van der Waals surface area contributed by atoms with E-state index in [4.69, 9.17) is 5.73 Å². The summed E-state index contributed by atoms with van der Waals surface area (Å²) in [6.45, 7) is 2.01. The molecule has 0 aliphatic heterocycles. The SMILES string of the molecule is Cc1cccc2c(N)c(C(=O)Nc3cccnc3)sc12. The fourth-order valence-electron chi connectivity index (χ4n) is 2.07. The second kappa shape index (κ2) is 4.94. The first kappa shape index (κ1) is 12.6. The molecule has 0 aliphatic carbocycles. The normalized spacial score (nSPS) is 10.7. The van der Waals surface area contributed by atoms with Gasteiger partial charge in [-0.15, -0.1) is 11.3 Å². The van der Waals surface area contributed by atoms with E-state index in [0.717, 1.165) is 15.6 Å². The van der Waals surface area contributed by atoms with Crippen LogP contribution in [0.25, 0.3) is 10.1 Å². The molecule has 2 heterocycles. The van der Waals surface area contributed by atoms with E-state index >= 15 is 0 Å². The zero-order valence-corrected chi connectivity index (χ0v) is 11.7. The van der Waals surface area contributed by atoms with E-state index in [9.17, 15) is 4.79 Å². The molecule has 3 rings (SSSR count). The Hall–Kier alpha value is -2.40. The molecule has 0 spiro atoms. The highest BCUT2D eigenvalue weighted by Gasteiger charge is 2.17. The molecule has 1 amide bonds. The standard InChI is InChI=1S/C15H13N3OS/c1-9-4-2-6-11-12(16)14(20-13(9)11)15(19)18-10-5-3-7-17-8-10/h2-8H,16H2,1H3,(H,18,19). The fourth-order valence-corrected chi connectivity index (χ4v) is 3.16. The average molecular weight is 283 g/mol. The van der Waals surface area contributed by atoms with Crippen molar-refractivity contribution in [3.8, 4) is 0 Å². The number of thiophene rings is 1. The fraction of sp³-hybridized carbons (Fsp3) is 0.0667. The summed E-state index contributed by atoms with van der Waals surface area (Å²) in [7, 11) is 0. The molecular weight excluding hydrogens is 270 g/mol. The lowest BCUT2D eigenvalue weighted by Gasteiger charge is -2.03. The summed E-state index contributed by atoms with van der Waals surface area (Å²) >= 11 is 1.42. The van der Waals surface area contributed by atoms with E-state index in [2.05, 4.69) is 10.3 Å². The summed E-state index contributed by atoms with van der Waals surface area (Å²) in [5.41, 5.74) is 8.42. The highest BCUT2D eigenvalue weighted by atomic mass is 32.1. The van der Waals surface area contributed by atoms with Gasteiger partial charge in [-0.2, -0.15) is 0 Å². The summed E-state index contributed by atoms with van der Waals surface area (Å²) in [5, 5.41) is 3.74. The van der Waals surface area contributed by atoms with Gasteiger partial charge < -0.3 is 11.1 Å². The van der Waals surface area contributed by atoms with Crippen LogP contribution >= 0.6 is 11.3 Å². The molecule has 0 fully saturated rings. The number of aryl methyl sites for hydroxylation is 1. The van der Waals surface area contributed by atoms with Crippen LogP contribution < -0.4 is 11.1 Å².